The zero-order chi connectivity index (χ0) is 22.8. The van der Waals surface area contributed by atoms with Crippen LogP contribution in [0.3, 0.4) is 0 Å². The zero-order valence-corrected chi connectivity index (χ0v) is 19.9. The molecule has 32 heavy (non-hydrogen) atoms. The topological polar surface area (TPSA) is 64.1 Å². The van der Waals surface area contributed by atoms with Gasteiger partial charge in [0.1, 0.15) is 11.5 Å². The molecule has 0 atom stereocenters. The zero-order valence-electron chi connectivity index (χ0n) is 19.9. The Kier molecular flexibility index (Phi) is 8.80. The Morgan fingerprint density at radius 1 is 1.09 bits per heavy atom. The van der Waals surface area contributed by atoms with Gasteiger partial charge < -0.3 is 24.8 Å². The molecule has 3 rings (SSSR count). The van der Waals surface area contributed by atoms with Gasteiger partial charge in [-0.15, -0.1) is 0 Å². The fourth-order valence-corrected chi connectivity index (χ4v) is 4.29. The van der Waals surface area contributed by atoms with Crippen molar-refractivity contribution in [3.63, 3.8) is 0 Å². The maximum absolute atomic E-state index is 5.68. The van der Waals surface area contributed by atoms with Crippen molar-refractivity contribution in [3.05, 3.63) is 59.2 Å². The molecule has 6 heteroatoms. The van der Waals surface area contributed by atoms with Gasteiger partial charge in [-0.1, -0.05) is 29.8 Å². The van der Waals surface area contributed by atoms with Crippen molar-refractivity contribution in [1.29, 1.82) is 0 Å². The first-order valence-corrected chi connectivity index (χ1v) is 11.5. The fraction of sp³-hybridized carbons (Fsp3) is 0.500. The van der Waals surface area contributed by atoms with Crippen LogP contribution in [-0.4, -0.2) is 53.0 Å². The number of nitrogens with one attached hydrogen (secondary N) is 2. The van der Waals surface area contributed by atoms with Crippen LogP contribution in [0.1, 0.15) is 36.5 Å². The van der Waals surface area contributed by atoms with Crippen LogP contribution >= 0.6 is 0 Å². The summed E-state index contributed by atoms with van der Waals surface area (Å²) in [5.41, 5.74) is 3.77. The summed E-state index contributed by atoms with van der Waals surface area (Å²) < 4.78 is 16.8. The number of aryl methyl sites for hydroxylation is 1. The molecular formula is C26H37N3O3. The minimum absolute atomic E-state index is 0.0143. The third-order valence-electron chi connectivity index (χ3n) is 6.17. The van der Waals surface area contributed by atoms with E-state index < -0.39 is 0 Å². The maximum Gasteiger partial charge on any atom is 0.191 e. The molecule has 0 radical (unpaired) electrons. The van der Waals surface area contributed by atoms with E-state index >= 15 is 0 Å². The van der Waals surface area contributed by atoms with Crippen molar-refractivity contribution in [3.8, 4) is 11.5 Å². The van der Waals surface area contributed by atoms with Crippen LogP contribution in [0.15, 0.2) is 47.5 Å². The molecule has 1 aliphatic rings. The molecule has 0 amide bonds. The first-order valence-electron chi connectivity index (χ1n) is 11.5. The lowest BCUT2D eigenvalue weighted by molar-refractivity contribution is 0.0513. The highest BCUT2D eigenvalue weighted by atomic mass is 16.5. The number of guanidine groups is 1. The maximum atomic E-state index is 5.68. The molecule has 0 spiro atoms. The summed E-state index contributed by atoms with van der Waals surface area (Å²) in [6, 6.07) is 14.8. The van der Waals surface area contributed by atoms with Gasteiger partial charge in [0.15, 0.2) is 5.96 Å². The smallest absolute Gasteiger partial charge is 0.191 e. The van der Waals surface area contributed by atoms with E-state index in [0.29, 0.717) is 6.61 Å². The van der Waals surface area contributed by atoms with Gasteiger partial charge in [0.2, 0.25) is 0 Å². The molecule has 0 aromatic heterocycles. The Bertz CT molecular complexity index is 874. The minimum atomic E-state index is 0.0143. The number of benzene rings is 2. The molecule has 6 nitrogen and oxygen atoms in total. The monoisotopic (exact) mass is 439 g/mol. The van der Waals surface area contributed by atoms with E-state index in [4.69, 9.17) is 14.2 Å². The Morgan fingerprint density at radius 3 is 2.50 bits per heavy atom. The lowest BCUT2D eigenvalue weighted by atomic mass is 9.74. The normalized spacial score (nSPS) is 15.8. The molecule has 1 saturated heterocycles. The molecular weight excluding hydrogens is 402 g/mol. The number of hydrogen-bond donors (Lipinski definition) is 2. The molecule has 1 heterocycles. The molecule has 2 N–H and O–H groups in total. The van der Waals surface area contributed by atoms with Crippen LogP contribution in [0.4, 0.5) is 0 Å². The second kappa shape index (κ2) is 11.8. The van der Waals surface area contributed by atoms with Crippen LogP contribution in [0, 0.1) is 6.92 Å². The average molecular weight is 440 g/mol. The Labute approximate surface area is 192 Å². The number of nitrogens with zero attached hydrogens (tertiary/aromatic N) is 1. The summed E-state index contributed by atoms with van der Waals surface area (Å²) in [4.78, 5) is 4.44. The van der Waals surface area contributed by atoms with Gasteiger partial charge >= 0.3 is 0 Å². The van der Waals surface area contributed by atoms with Gasteiger partial charge in [-0.2, -0.15) is 0 Å². The summed E-state index contributed by atoms with van der Waals surface area (Å²) in [6.07, 6.45) is 2.82. The van der Waals surface area contributed by atoms with Crippen molar-refractivity contribution >= 4 is 5.96 Å². The molecule has 0 unspecified atom stereocenters. The molecule has 174 valence electrons. The van der Waals surface area contributed by atoms with Gasteiger partial charge in [-0.3, -0.25) is 4.99 Å². The Balaban J connectivity index is 1.61. The highest BCUT2D eigenvalue weighted by Crippen LogP contribution is 2.35. The summed E-state index contributed by atoms with van der Waals surface area (Å²) >= 11 is 0. The van der Waals surface area contributed by atoms with E-state index in [2.05, 4.69) is 58.9 Å². The minimum Gasteiger partial charge on any atom is -0.496 e. The van der Waals surface area contributed by atoms with Crippen molar-refractivity contribution < 1.29 is 14.2 Å². The second-order valence-electron chi connectivity index (χ2n) is 8.27. The Hall–Kier alpha value is -2.73. The van der Waals surface area contributed by atoms with Crippen molar-refractivity contribution in [2.24, 2.45) is 4.99 Å². The van der Waals surface area contributed by atoms with Gasteiger partial charge in [0, 0.05) is 38.8 Å². The van der Waals surface area contributed by atoms with E-state index in [1.807, 2.05) is 20.0 Å². The summed E-state index contributed by atoms with van der Waals surface area (Å²) in [5, 5.41) is 7.02. The highest BCUT2D eigenvalue weighted by Gasteiger charge is 2.34. The lowest BCUT2D eigenvalue weighted by Gasteiger charge is -2.38. The molecule has 2 aromatic carbocycles. The van der Waals surface area contributed by atoms with Crippen LogP contribution in [-0.2, 0) is 16.6 Å². The van der Waals surface area contributed by atoms with Gasteiger partial charge in [-0.05, 0) is 62.4 Å². The number of ether oxygens (including phenoxy) is 3. The first-order chi connectivity index (χ1) is 15.6. The third kappa shape index (κ3) is 6.16. The predicted molar refractivity (Wildman–Crippen MR) is 130 cm³/mol. The Morgan fingerprint density at radius 2 is 1.84 bits per heavy atom. The summed E-state index contributed by atoms with van der Waals surface area (Å²) in [7, 11) is 3.53. The van der Waals surface area contributed by atoms with Crippen LogP contribution in [0.25, 0.3) is 0 Å². The molecule has 0 bridgehead atoms. The van der Waals surface area contributed by atoms with Crippen molar-refractivity contribution in [1.82, 2.24) is 10.6 Å². The summed E-state index contributed by atoms with van der Waals surface area (Å²) in [6.45, 7) is 7.91. The number of methoxy groups -OCH3 is 1. The molecule has 1 aliphatic heterocycles. The van der Waals surface area contributed by atoms with Crippen LogP contribution in [0.2, 0.25) is 0 Å². The van der Waals surface area contributed by atoms with E-state index in [1.165, 1.54) is 16.7 Å². The average Bonchev–Trinajstić information content (AvgIpc) is 2.82. The van der Waals surface area contributed by atoms with Crippen molar-refractivity contribution in [2.45, 2.75) is 38.5 Å². The number of hydrogen-bond acceptors (Lipinski definition) is 4. The predicted octanol–water partition coefficient (Wildman–Crippen LogP) is 3.86. The second-order valence-corrected chi connectivity index (χ2v) is 8.27. The van der Waals surface area contributed by atoms with E-state index in [9.17, 15) is 0 Å². The largest absolute Gasteiger partial charge is 0.496 e. The van der Waals surface area contributed by atoms with Gasteiger partial charge in [-0.25, -0.2) is 0 Å². The lowest BCUT2D eigenvalue weighted by Crippen LogP contribution is -2.48. The highest BCUT2D eigenvalue weighted by molar-refractivity contribution is 5.79. The van der Waals surface area contributed by atoms with Crippen molar-refractivity contribution in [2.75, 3.05) is 47.1 Å². The number of rotatable bonds is 9. The quantitative estimate of drug-likeness (QED) is 0.459. The first kappa shape index (κ1) is 23.9. The standard InChI is InChI=1S/C26H37N3O3/c1-5-32-23-9-7-22(8-10-23)26(13-16-31-17-14-26)19-29-25(27-3)28-15-12-21-18-20(2)6-11-24(21)30-4/h6-11,18H,5,12-17,19H2,1-4H3,(H2,27,28,29). The third-order valence-corrected chi connectivity index (χ3v) is 6.17. The molecule has 1 fully saturated rings. The van der Waals surface area contributed by atoms with Crippen LogP contribution in [0.5, 0.6) is 11.5 Å². The van der Waals surface area contributed by atoms with E-state index in [0.717, 1.165) is 63.0 Å². The molecule has 0 saturated carbocycles. The van der Waals surface area contributed by atoms with E-state index in [-0.39, 0.29) is 5.41 Å². The fourth-order valence-electron chi connectivity index (χ4n) is 4.29. The molecule has 0 aliphatic carbocycles. The van der Waals surface area contributed by atoms with Gasteiger partial charge in [0.05, 0.1) is 13.7 Å². The molecule has 2 aromatic rings. The van der Waals surface area contributed by atoms with Gasteiger partial charge in [0.25, 0.3) is 0 Å². The van der Waals surface area contributed by atoms with E-state index in [1.54, 1.807) is 7.11 Å². The van der Waals surface area contributed by atoms with Crippen LogP contribution < -0.4 is 20.1 Å². The SMILES string of the molecule is CCOc1ccc(C2(CNC(=NC)NCCc3cc(C)ccc3OC)CCOCC2)cc1. The number of aliphatic imine (C=N–C) groups is 1. The summed E-state index contributed by atoms with van der Waals surface area (Å²) in [5.74, 6) is 2.65.